The molecule has 2 aromatic heterocycles. The minimum Gasteiger partial charge on any atom is -0.497 e. The molecule has 0 aliphatic carbocycles. The van der Waals surface area contributed by atoms with Gasteiger partial charge >= 0.3 is 0 Å². The Kier molecular flexibility index (Phi) is 7.60. The quantitative estimate of drug-likeness (QED) is 0.406. The Hall–Kier alpha value is -3.44. The maximum atomic E-state index is 13.3. The lowest BCUT2D eigenvalue weighted by Gasteiger charge is -2.33. The Morgan fingerprint density at radius 3 is 2.36 bits per heavy atom. The number of aromatic nitrogens is 2. The number of carbonyl (C=O) groups is 2. The summed E-state index contributed by atoms with van der Waals surface area (Å²) in [5.74, 6) is 1.21. The van der Waals surface area contributed by atoms with Gasteiger partial charge in [-0.2, -0.15) is 4.31 Å². The average molecular weight is 514 g/mol. The fourth-order valence-corrected chi connectivity index (χ4v) is 5.46. The van der Waals surface area contributed by atoms with Gasteiger partial charge < -0.3 is 9.64 Å². The van der Waals surface area contributed by atoms with E-state index in [-0.39, 0.29) is 24.7 Å². The number of benzene rings is 1. The lowest BCUT2D eigenvalue weighted by molar-refractivity contribution is -0.107. The van der Waals surface area contributed by atoms with Gasteiger partial charge in [0.25, 0.3) is 5.91 Å². The van der Waals surface area contributed by atoms with Gasteiger partial charge in [0.2, 0.25) is 16.4 Å². The van der Waals surface area contributed by atoms with Crippen LogP contribution in [0.5, 0.6) is 5.75 Å². The lowest BCUT2D eigenvalue weighted by atomic mass is 10.2. The van der Waals surface area contributed by atoms with E-state index in [2.05, 4.69) is 4.98 Å². The third-order valence-corrected chi connectivity index (χ3v) is 8.32. The van der Waals surface area contributed by atoms with E-state index in [0.717, 1.165) is 23.4 Å². The highest BCUT2D eigenvalue weighted by atomic mass is 32.2. The molecule has 1 saturated heterocycles. The van der Waals surface area contributed by atoms with E-state index in [1.807, 2.05) is 31.2 Å². The Balaban J connectivity index is 1.61. The van der Waals surface area contributed by atoms with E-state index in [0.29, 0.717) is 43.1 Å². The van der Waals surface area contributed by atoms with Crippen LogP contribution in [0.1, 0.15) is 35.5 Å². The zero-order valence-electron chi connectivity index (χ0n) is 20.8. The molecule has 1 aliphatic heterocycles. The number of pyridine rings is 1. The summed E-state index contributed by atoms with van der Waals surface area (Å²) in [5.41, 5.74) is 2.76. The fourth-order valence-electron chi connectivity index (χ4n) is 4.37. The van der Waals surface area contributed by atoms with Crippen LogP contribution in [0.25, 0.3) is 5.65 Å². The Bertz CT molecular complexity index is 1350. The van der Waals surface area contributed by atoms with Crippen LogP contribution >= 0.6 is 0 Å². The maximum absolute atomic E-state index is 13.3. The second-order valence-electron chi connectivity index (χ2n) is 8.55. The van der Waals surface area contributed by atoms with E-state index >= 15 is 0 Å². The highest BCUT2D eigenvalue weighted by Gasteiger charge is 2.28. The minimum atomic E-state index is -3.27. The first kappa shape index (κ1) is 25.6. The number of carbonyl (C=O) groups excluding carboxylic acids is 2. The van der Waals surface area contributed by atoms with Gasteiger partial charge in [-0.25, -0.2) is 13.4 Å². The Morgan fingerprint density at radius 2 is 1.78 bits per heavy atom. The summed E-state index contributed by atoms with van der Waals surface area (Å²) in [6.45, 7) is 5.13. The van der Waals surface area contributed by atoms with E-state index < -0.39 is 10.0 Å². The zero-order chi connectivity index (χ0) is 25.9. The van der Waals surface area contributed by atoms with Gasteiger partial charge in [0, 0.05) is 32.4 Å². The van der Waals surface area contributed by atoms with E-state index in [9.17, 15) is 18.0 Å². The van der Waals surface area contributed by atoms with Crippen LogP contribution < -0.4 is 9.64 Å². The molecule has 36 heavy (non-hydrogen) atoms. The zero-order valence-corrected chi connectivity index (χ0v) is 21.6. The van der Waals surface area contributed by atoms with Crippen molar-refractivity contribution in [3.8, 4) is 5.75 Å². The van der Waals surface area contributed by atoms with Crippen LogP contribution in [0.2, 0.25) is 0 Å². The molecule has 4 rings (SSSR count). The third-order valence-electron chi connectivity index (χ3n) is 6.44. The molecule has 1 aromatic carbocycles. The smallest absolute Gasteiger partial charge is 0.255 e. The standard InChI is InChI=1S/C25H31N5O5S/c1-4-22-24(28(18-31)16-19-6-9-21(35-3)10-7-19)30-17-20(8-11-23(30)26-22)25(32)27-12-14-29(15-13-27)36(33,34)5-2/h6-11,17-18H,4-5,12-16H2,1-3H3. The van der Waals surface area contributed by atoms with Crippen LogP contribution in [0, 0.1) is 0 Å². The van der Waals surface area contributed by atoms with Crippen molar-refractivity contribution in [3.05, 3.63) is 59.4 Å². The molecule has 0 bridgehead atoms. The molecule has 10 nitrogen and oxygen atoms in total. The first-order valence-electron chi connectivity index (χ1n) is 11.9. The number of piperazine rings is 1. The first-order chi connectivity index (χ1) is 17.3. The molecule has 3 aromatic rings. The molecule has 1 aliphatic rings. The molecule has 3 heterocycles. The van der Waals surface area contributed by atoms with Crippen molar-refractivity contribution in [1.29, 1.82) is 0 Å². The van der Waals surface area contributed by atoms with Gasteiger partial charge in [-0.3, -0.25) is 18.9 Å². The lowest BCUT2D eigenvalue weighted by Crippen LogP contribution is -2.50. The van der Waals surface area contributed by atoms with Crippen molar-refractivity contribution in [2.75, 3.05) is 43.9 Å². The second kappa shape index (κ2) is 10.7. The third kappa shape index (κ3) is 5.07. The molecule has 0 radical (unpaired) electrons. The number of fused-ring (bicyclic) bond motifs is 1. The fraction of sp³-hybridized carbons (Fsp3) is 0.400. The summed E-state index contributed by atoms with van der Waals surface area (Å²) in [6.07, 6.45) is 3.09. The molecular formula is C25H31N5O5S. The predicted molar refractivity (Wildman–Crippen MR) is 137 cm³/mol. The first-order valence-corrected chi connectivity index (χ1v) is 13.5. The number of anilines is 1. The summed E-state index contributed by atoms with van der Waals surface area (Å²) < 4.78 is 32.7. The van der Waals surface area contributed by atoms with Crippen LogP contribution in [0.15, 0.2) is 42.6 Å². The highest BCUT2D eigenvalue weighted by Crippen LogP contribution is 2.26. The molecular weight excluding hydrogens is 482 g/mol. The van der Waals surface area contributed by atoms with Crippen molar-refractivity contribution < 1.29 is 22.7 Å². The van der Waals surface area contributed by atoms with Crippen LogP contribution in [-0.2, 0) is 27.8 Å². The van der Waals surface area contributed by atoms with Gasteiger partial charge in [-0.1, -0.05) is 19.1 Å². The van der Waals surface area contributed by atoms with Crippen LogP contribution in [0.4, 0.5) is 5.82 Å². The number of sulfonamides is 1. The van der Waals surface area contributed by atoms with Gasteiger partial charge in [-0.15, -0.1) is 0 Å². The number of amides is 2. The molecule has 11 heteroatoms. The Morgan fingerprint density at radius 1 is 1.08 bits per heavy atom. The second-order valence-corrected chi connectivity index (χ2v) is 10.8. The van der Waals surface area contributed by atoms with Gasteiger partial charge in [0.1, 0.15) is 17.2 Å². The number of ether oxygens (including phenoxy) is 1. The molecule has 192 valence electrons. The van der Waals surface area contributed by atoms with E-state index in [4.69, 9.17) is 4.74 Å². The number of rotatable bonds is 9. The summed E-state index contributed by atoms with van der Waals surface area (Å²) >= 11 is 0. The van der Waals surface area contributed by atoms with Crippen molar-refractivity contribution in [2.24, 2.45) is 0 Å². The maximum Gasteiger partial charge on any atom is 0.255 e. The number of methoxy groups -OCH3 is 1. The topological polar surface area (TPSA) is 105 Å². The van der Waals surface area contributed by atoms with Gasteiger partial charge in [-0.05, 0) is 43.2 Å². The molecule has 0 saturated carbocycles. The van der Waals surface area contributed by atoms with Gasteiger partial charge in [0.15, 0.2) is 0 Å². The monoisotopic (exact) mass is 513 g/mol. The summed E-state index contributed by atoms with van der Waals surface area (Å²) in [5, 5.41) is 0. The number of aryl methyl sites for hydroxylation is 1. The van der Waals surface area contributed by atoms with Crippen molar-refractivity contribution >= 4 is 33.8 Å². The number of imidazole rings is 1. The molecule has 0 atom stereocenters. The van der Waals surface area contributed by atoms with E-state index in [1.54, 1.807) is 46.6 Å². The highest BCUT2D eigenvalue weighted by molar-refractivity contribution is 7.89. The van der Waals surface area contributed by atoms with Crippen molar-refractivity contribution in [2.45, 2.75) is 26.8 Å². The number of hydrogen-bond acceptors (Lipinski definition) is 6. The average Bonchev–Trinajstić information content (AvgIpc) is 3.29. The van der Waals surface area contributed by atoms with Crippen LogP contribution in [-0.4, -0.2) is 78.4 Å². The molecule has 1 fully saturated rings. The summed E-state index contributed by atoms with van der Waals surface area (Å²) in [4.78, 5) is 33.4. The summed E-state index contributed by atoms with van der Waals surface area (Å²) in [7, 11) is -1.67. The normalized spacial score (nSPS) is 14.7. The number of hydrogen-bond donors (Lipinski definition) is 0. The van der Waals surface area contributed by atoms with Gasteiger partial charge in [0.05, 0.1) is 30.7 Å². The van der Waals surface area contributed by atoms with Crippen molar-refractivity contribution in [3.63, 3.8) is 0 Å². The molecule has 0 N–H and O–H groups in total. The SMILES string of the molecule is CCc1nc2ccc(C(=O)N3CCN(S(=O)(=O)CC)CC3)cn2c1N(C=O)Cc1ccc(OC)cc1. The molecule has 0 unspecified atom stereocenters. The number of nitrogens with zero attached hydrogens (tertiary/aromatic N) is 5. The molecule has 0 spiro atoms. The summed E-state index contributed by atoms with van der Waals surface area (Å²) in [6, 6.07) is 11.0. The van der Waals surface area contributed by atoms with Crippen molar-refractivity contribution in [1.82, 2.24) is 18.6 Å². The predicted octanol–water partition coefficient (Wildman–Crippen LogP) is 2.18. The largest absolute Gasteiger partial charge is 0.497 e. The van der Waals surface area contributed by atoms with E-state index in [1.165, 1.54) is 4.31 Å². The van der Waals surface area contributed by atoms with Crippen LogP contribution in [0.3, 0.4) is 0 Å². The minimum absolute atomic E-state index is 0.0462. The Labute approximate surface area is 211 Å². The molecule has 2 amide bonds.